The van der Waals surface area contributed by atoms with Crippen LogP contribution < -0.4 is 5.73 Å². The van der Waals surface area contributed by atoms with E-state index in [1.165, 1.54) is 18.2 Å². The van der Waals surface area contributed by atoms with E-state index in [0.717, 1.165) is 18.2 Å². The summed E-state index contributed by atoms with van der Waals surface area (Å²) < 4.78 is 39.9. The maximum absolute atomic E-state index is 13.5. The first-order valence-electron chi connectivity index (χ1n) is 4.58. The lowest BCUT2D eigenvalue weighted by atomic mass is 10.0. The van der Waals surface area contributed by atoms with Crippen molar-refractivity contribution in [1.29, 1.82) is 0 Å². The average molecular weight is 223 g/mol. The zero-order chi connectivity index (χ0) is 11.7. The molecule has 0 atom stereocenters. The highest BCUT2D eigenvalue weighted by molar-refractivity contribution is 5.67. The average Bonchev–Trinajstić information content (AvgIpc) is 2.15. The van der Waals surface area contributed by atoms with Crippen molar-refractivity contribution in [2.24, 2.45) is 0 Å². The Morgan fingerprint density at radius 2 is 1.50 bits per heavy atom. The second-order valence-electron chi connectivity index (χ2n) is 3.37. The second-order valence-corrected chi connectivity index (χ2v) is 3.37. The third kappa shape index (κ3) is 1.86. The van der Waals surface area contributed by atoms with Crippen molar-refractivity contribution in [1.82, 2.24) is 0 Å². The van der Waals surface area contributed by atoms with E-state index in [1.54, 1.807) is 0 Å². The monoisotopic (exact) mass is 223 g/mol. The van der Waals surface area contributed by atoms with Crippen LogP contribution in [0.2, 0.25) is 0 Å². The second kappa shape index (κ2) is 3.89. The fourth-order valence-corrected chi connectivity index (χ4v) is 1.51. The van der Waals surface area contributed by atoms with Crippen molar-refractivity contribution in [2.45, 2.75) is 0 Å². The summed E-state index contributed by atoms with van der Waals surface area (Å²) in [5, 5.41) is 0. The molecule has 0 saturated carbocycles. The molecule has 0 unspecified atom stereocenters. The number of rotatable bonds is 1. The van der Waals surface area contributed by atoms with Crippen molar-refractivity contribution in [3.05, 3.63) is 53.8 Å². The van der Waals surface area contributed by atoms with Crippen LogP contribution in [-0.4, -0.2) is 0 Å². The van der Waals surface area contributed by atoms with Gasteiger partial charge in [-0.2, -0.15) is 0 Å². The molecular formula is C12H8F3N. The van der Waals surface area contributed by atoms with Gasteiger partial charge in [-0.25, -0.2) is 13.2 Å². The molecule has 4 heteroatoms. The van der Waals surface area contributed by atoms with Gasteiger partial charge in [-0.05, 0) is 29.8 Å². The van der Waals surface area contributed by atoms with E-state index >= 15 is 0 Å². The first kappa shape index (κ1) is 10.5. The summed E-state index contributed by atoms with van der Waals surface area (Å²) in [4.78, 5) is 0. The highest BCUT2D eigenvalue weighted by Crippen LogP contribution is 2.28. The molecule has 0 amide bonds. The van der Waals surface area contributed by atoms with E-state index in [0.29, 0.717) is 0 Å². The lowest BCUT2D eigenvalue weighted by Gasteiger charge is -2.06. The number of benzene rings is 2. The highest BCUT2D eigenvalue weighted by Gasteiger charge is 2.12. The molecule has 16 heavy (non-hydrogen) atoms. The normalized spacial score (nSPS) is 10.4. The summed E-state index contributed by atoms with van der Waals surface area (Å²) in [6.45, 7) is 0. The summed E-state index contributed by atoms with van der Waals surface area (Å²) in [6.07, 6.45) is 0. The number of anilines is 1. The molecule has 2 aromatic carbocycles. The molecular weight excluding hydrogens is 215 g/mol. The summed E-state index contributed by atoms with van der Waals surface area (Å²) >= 11 is 0. The van der Waals surface area contributed by atoms with Crippen LogP contribution in [0.3, 0.4) is 0 Å². The number of nitrogen functional groups attached to an aromatic ring is 1. The number of hydrogen-bond donors (Lipinski definition) is 1. The van der Waals surface area contributed by atoms with Crippen LogP contribution in [0.5, 0.6) is 0 Å². The van der Waals surface area contributed by atoms with Crippen molar-refractivity contribution in [2.75, 3.05) is 5.73 Å². The Morgan fingerprint density at radius 3 is 2.06 bits per heavy atom. The number of nitrogens with two attached hydrogens (primary N) is 1. The van der Waals surface area contributed by atoms with Gasteiger partial charge in [-0.3, -0.25) is 0 Å². The van der Waals surface area contributed by atoms with Gasteiger partial charge in [0.25, 0.3) is 0 Å². The van der Waals surface area contributed by atoms with Crippen molar-refractivity contribution in [3.63, 3.8) is 0 Å². The van der Waals surface area contributed by atoms with Gasteiger partial charge in [0, 0.05) is 5.69 Å². The van der Waals surface area contributed by atoms with Gasteiger partial charge in [-0.1, -0.05) is 12.1 Å². The van der Waals surface area contributed by atoms with Gasteiger partial charge in [0.15, 0.2) is 0 Å². The minimum absolute atomic E-state index is 0.00449. The molecule has 0 radical (unpaired) electrons. The summed E-state index contributed by atoms with van der Waals surface area (Å²) in [5.74, 6) is -2.15. The van der Waals surface area contributed by atoms with Crippen molar-refractivity contribution >= 4 is 5.69 Å². The predicted molar refractivity (Wildman–Crippen MR) is 56.2 cm³/mol. The minimum atomic E-state index is -0.803. The summed E-state index contributed by atoms with van der Waals surface area (Å²) in [7, 11) is 0. The molecule has 2 N–H and O–H groups in total. The Morgan fingerprint density at radius 1 is 0.875 bits per heavy atom. The van der Waals surface area contributed by atoms with Crippen LogP contribution in [0.15, 0.2) is 36.4 Å². The molecule has 0 aliphatic heterocycles. The van der Waals surface area contributed by atoms with E-state index in [9.17, 15) is 13.2 Å². The fraction of sp³-hybridized carbons (Fsp3) is 0. The first-order chi connectivity index (χ1) is 7.58. The Kier molecular flexibility index (Phi) is 2.56. The molecule has 1 nitrogen and oxygen atoms in total. The van der Waals surface area contributed by atoms with E-state index in [1.807, 2.05) is 0 Å². The van der Waals surface area contributed by atoms with E-state index < -0.39 is 17.5 Å². The van der Waals surface area contributed by atoms with Gasteiger partial charge in [0.05, 0.1) is 5.56 Å². The van der Waals surface area contributed by atoms with Crippen LogP contribution in [0.25, 0.3) is 11.1 Å². The largest absolute Gasteiger partial charge is 0.399 e. The molecule has 2 aromatic rings. The third-order valence-electron chi connectivity index (χ3n) is 2.18. The molecule has 82 valence electrons. The molecule has 0 heterocycles. The van der Waals surface area contributed by atoms with Gasteiger partial charge >= 0.3 is 0 Å². The highest BCUT2D eigenvalue weighted by atomic mass is 19.1. The standard InChI is InChI=1S/C12H8F3N/c13-8-3-1-2-7(4-8)12-10(14)5-9(16)6-11(12)15/h1-6H,16H2. The lowest BCUT2D eigenvalue weighted by Crippen LogP contribution is -1.94. The van der Waals surface area contributed by atoms with Gasteiger partial charge in [-0.15, -0.1) is 0 Å². The Hall–Kier alpha value is -1.97. The van der Waals surface area contributed by atoms with Crippen LogP contribution in [0.1, 0.15) is 0 Å². The fourth-order valence-electron chi connectivity index (χ4n) is 1.51. The zero-order valence-corrected chi connectivity index (χ0v) is 8.18. The smallest absolute Gasteiger partial charge is 0.136 e. The van der Waals surface area contributed by atoms with E-state index in [4.69, 9.17) is 5.73 Å². The van der Waals surface area contributed by atoms with E-state index in [2.05, 4.69) is 0 Å². The zero-order valence-electron chi connectivity index (χ0n) is 8.18. The summed E-state index contributed by atoms with van der Waals surface area (Å²) in [6, 6.07) is 7.10. The molecule has 0 saturated heterocycles. The SMILES string of the molecule is Nc1cc(F)c(-c2cccc(F)c2)c(F)c1. The topological polar surface area (TPSA) is 26.0 Å². The molecule has 0 aliphatic rings. The molecule has 0 bridgehead atoms. The van der Waals surface area contributed by atoms with Gasteiger partial charge < -0.3 is 5.73 Å². The van der Waals surface area contributed by atoms with Gasteiger partial charge in [0.1, 0.15) is 17.5 Å². The first-order valence-corrected chi connectivity index (χ1v) is 4.58. The molecule has 0 aliphatic carbocycles. The quantitative estimate of drug-likeness (QED) is 0.737. The number of halogens is 3. The Balaban J connectivity index is 2.64. The van der Waals surface area contributed by atoms with E-state index in [-0.39, 0.29) is 16.8 Å². The van der Waals surface area contributed by atoms with Crippen LogP contribution in [-0.2, 0) is 0 Å². The van der Waals surface area contributed by atoms with Crippen molar-refractivity contribution in [3.8, 4) is 11.1 Å². The lowest BCUT2D eigenvalue weighted by molar-refractivity contribution is 0.590. The van der Waals surface area contributed by atoms with Crippen molar-refractivity contribution < 1.29 is 13.2 Å². The Bertz CT molecular complexity index is 515. The molecule has 2 rings (SSSR count). The van der Waals surface area contributed by atoms with Crippen LogP contribution in [0.4, 0.5) is 18.9 Å². The molecule has 0 fully saturated rings. The van der Waals surface area contributed by atoms with Crippen LogP contribution in [0, 0.1) is 17.5 Å². The predicted octanol–water partition coefficient (Wildman–Crippen LogP) is 3.35. The maximum Gasteiger partial charge on any atom is 0.136 e. The summed E-state index contributed by atoms with van der Waals surface area (Å²) in [5.41, 5.74) is 5.16. The molecule has 0 aromatic heterocycles. The number of hydrogen-bond acceptors (Lipinski definition) is 1. The van der Waals surface area contributed by atoms with Crippen LogP contribution >= 0.6 is 0 Å². The Labute approximate surface area is 90.3 Å². The van der Waals surface area contributed by atoms with Gasteiger partial charge in [0.2, 0.25) is 0 Å². The molecule has 0 spiro atoms. The minimum Gasteiger partial charge on any atom is -0.399 e. The third-order valence-corrected chi connectivity index (χ3v) is 2.18. The maximum atomic E-state index is 13.5.